The average molecular weight is 317 g/mol. The second kappa shape index (κ2) is 6.24. The number of amides is 1. The van der Waals surface area contributed by atoms with E-state index in [-0.39, 0.29) is 5.91 Å². The monoisotopic (exact) mass is 317 g/mol. The lowest BCUT2D eigenvalue weighted by molar-refractivity contribution is -0.133. The lowest BCUT2D eigenvalue weighted by Crippen LogP contribution is -2.58. The number of piperidine rings is 2. The molecular formula is C17H27N5O. The highest BCUT2D eigenvalue weighted by molar-refractivity contribution is 5.84. The highest BCUT2D eigenvalue weighted by atomic mass is 16.2. The molecule has 0 spiro atoms. The van der Waals surface area contributed by atoms with Gasteiger partial charge in [0.1, 0.15) is 5.54 Å². The van der Waals surface area contributed by atoms with Crippen molar-refractivity contribution >= 4 is 5.91 Å². The smallest absolute Gasteiger partial charge is 0.248 e. The van der Waals surface area contributed by atoms with Crippen LogP contribution < -0.4 is 10.6 Å². The second-order valence-electron chi connectivity index (χ2n) is 7.26. The fourth-order valence-corrected chi connectivity index (χ4v) is 4.60. The standard InChI is InChI=1S/C17H27N5O/c23-16(20-14-4-12-21-10-1-3-15(21)13-14)17(5-8-18-9-6-17)22-11-2-7-19-22/h2,7,11,14-15,18H,1,3-6,8-10,12-13H2,(H,20,23). The van der Waals surface area contributed by atoms with Crippen molar-refractivity contribution in [3.8, 4) is 0 Å². The number of hydrogen-bond acceptors (Lipinski definition) is 4. The fourth-order valence-electron chi connectivity index (χ4n) is 4.60. The van der Waals surface area contributed by atoms with Gasteiger partial charge >= 0.3 is 0 Å². The molecule has 2 N–H and O–H groups in total. The van der Waals surface area contributed by atoms with E-state index in [4.69, 9.17) is 0 Å². The van der Waals surface area contributed by atoms with Gasteiger partial charge in [0.2, 0.25) is 5.91 Å². The van der Waals surface area contributed by atoms with E-state index in [1.165, 1.54) is 19.4 Å². The van der Waals surface area contributed by atoms with Gasteiger partial charge in [-0.25, -0.2) is 0 Å². The summed E-state index contributed by atoms with van der Waals surface area (Å²) in [4.78, 5) is 15.8. The van der Waals surface area contributed by atoms with Gasteiger partial charge in [0, 0.05) is 31.0 Å². The highest BCUT2D eigenvalue weighted by Crippen LogP contribution is 2.30. The maximum atomic E-state index is 13.2. The van der Waals surface area contributed by atoms with Gasteiger partial charge in [-0.1, -0.05) is 0 Å². The number of carbonyl (C=O) groups excluding carboxylic acids is 1. The number of nitrogens with zero attached hydrogens (tertiary/aromatic N) is 3. The molecule has 126 valence electrons. The Kier molecular flexibility index (Phi) is 4.11. The summed E-state index contributed by atoms with van der Waals surface area (Å²) in [6, 6.07) is 2.92. The maximum Gasteiger partial charge on any atom is 0.248 e. The van der Waals surface area contributed by atoms with Crippen LogP contribution in [-0.2, 0) is 10.3 Å². The molecule has 0 radical (unpaired) electrons. The minimum atomic E-state index is -0.512. The number of fused-ring (bicyclic) bond motifs is 1. The van der Waals surface area contributed by atoms with Gasteiger partial charge in [-0.2, -0.15) is 5.10 Å². The Morgan fingerprint density at radius 3 is 2.91 bits per heavy atom. The second-order valence-corrected chi connectivity index (χ2v) is 7.26. The van der Waals surface area contributed by atoms with Crippen LogP contribution in [0.2, 0.25) is 0 Å². The van der Waals surface area contributed by atoms with Crippen LogP contribution >= 0.6 is 0 Å². The molecule has 1 aromatic heterocycles. The summed E-state index contributed by atoms with van der Waals surface area (Å²) in [5.74, 6) is 0.166. The van der Waals surface area contributed by atoms with Gasteiger partial charge in [-0.05, 0) is 64.2 Å². The molecule has 6 nitrogen and oxygen atoms in total. The summed E-state index contributed by atoms with van der Waals surface area (Å²) in [5, 5.41) is 11.1. The Bertz CT molecular complexity index is 537. The quantitative estimate of drug-likeness (QED) is 0.862. The highest BCUT2D eigenvalue weighted by Gasteiger charge is 2.43. The average Bonchev–Trinajstić information content (AvgIpc) is 3.27. The van der Waals surface area contributed by atoms with Gasteiger partial charge in [-0.3, -0.25) is 9.48 Å². The first-order valence-electron chi connectivity index (χ1n) is 9.04. The van der Waals surface area contributed by atoms with Crippen LogP contribution in [0.5, 0.6) is 0 Å². The molecule has 3 aliphatic rings. The zero-order chi connectivity index (χ0) is 15.7. The van der Waals surface area contributed by atoms with Crippen molar-refractivity contribution < 1.29 is 4.79 Å². The Labute approximate surface area is 137 Å². The molecule has 2 atom stereocenters. The molecule has 6 heteroatoms. The number of aromatic nitrogens is 2. The third-order valence-electron chi connectivity index (χ3n) is 5.95. The van der Waals surface area contributed by atoms with E-state index < -0.39 is 5.54 Å². The predicted octanol–water partition coefficient (Wildman–Crippen LogP) is 0.705. The van der Waals surface area contributed by atoms with Crippen molar-refractivity contribution in [3.05, 3.63) is 18.5 Å². The van der Waals surface area contributed by atoms with Gasteiger partial charge in [0.05, 0.1) is 0 Å². The number of hydrogen-bond donors (Lipinski definition) is 2. The van der Waals surface area contributed by atoms with E-state index in [0.717, 1.165) is 45.3 Å². The summed E-state index contributed by atoms with van der Waals surface area (Å²) >= 11 is 0. The Balaban J connectivity index is 1.47. The van der Waals surface area contributed by atoms with Gasteiger partial charge in [0.15, 0.2) is 0 Å². The molecule has 0 aromatic carbocycles. The first-order valence-corrected chi connectivity index (χ1v) is 9.04. The van der Waals surface area contributed by atoms with E-state index in [1.54, 1.807) is 6.20 Å². The van der Waals surface area contributed by atoms with Crippen molar-refractivity contribution in [2.45, 2.75) is 56.1 Å². The zero-order valence-corrected chi connectivity index (χ0v) is 13.7. The lowest BCUT2D eigenvalue weighted by atomic mass is 9.86. The fraction of sp³-hybridized carbons (Fsp3) is 0.765. The van der Waals surface area contributed by atoms with Gasteiger partial charge < -0.3 is 15.5 Å². The third-order valence-corrected chi connectivity index (χ3v) is 5.95. The van der Waals surface area contributed by atoms with E-state index in [9.17, 15) is 4.79 Å². The topological polar surface area (TPSA) is 62.2 Å². The molecule has 3 fully saturated rings. The van der Waals surface area contributed by atoms with Gasteiger partial charge in [-0.15, -0.1) is 0 Å². The summed E-state index contributed by atoms with van der Waals surface area (Å²) in [6.07, 6.45) is 10.1. The molecule has 1 amide bonds. The van der Waals surface area contributed by atoms with Crippen LogP contribution in [0.15, 0.2) is 18.5 Å². The van der Waals surface area contributed by atoms with Crippen molar-refractivity contribution in [2.75, 3.05) is 26.2 Å². The van der Waals surface area contributed by atoms with Crippen molar-refractivity contribution in [1.82, 2.24) is 25.3 Å². The van der Waals surface area contributed by atoms with Crippen LogP contribution in [0.1, 0.15) is 38.5 Å². The molecule has 4 heterocycles. The molecule has 3 aliphatic heterocycles. The molecule has 2 unspecified atom stereocenters. The Morgan fingerprint density at radius 1 is 1.26 bits per heavy atom. The van der Waals surface area contributed by atoms with E-state index in [1.807, 2.05) is 16.9 Å². The molecule has 1 aromatic rings. The minimum absolute atomic E-state index is 0.166. The predicted molar refractivity (Wildman–Crippen MR) is 88.1 cm³/mol. The normalized spacial score (nSPS) is 30.8. The summed E-state index contributed by atoms with van der Waals surface area (Å²) in [5.41, 5.74) is -0.512. The SMILES string of the molecule is O=C(NC1CCN2CCCC2C1)C1(n2cccn2)CCNCC1. The minimum Gasteiger partial charge on any atom is -0.351 e. The molecule has 23 heavy (non-hydrogen) atoms. The van der Waals surface area contributed by atoms with Crippen LogP contribution in [0.4, 0.5) is 0 Å². The lowest BCUT2D eigenvalue weighted by Gasteiger charge is -2.40. The summed E-state index contributed by atoms with van der Waals surface area (Å²) < 4.78 is 1.88. The van der Waals surface area contributed by atoms with E-state index in [0.29, 0.717) is 12.1 Å². The molecule has 4 rings (SSSR count). The first-order chi connectivity index (χ1) is 11.3. The number of rotatable bonds is 3. The molecule has 0 bridgehead atoms. The largest absolute Gasteiger partial charge is 0.351 e. The van der Waals surface area contributed by atoms with Gasteiger partial charge in [0.25, 0.3) is 0 Å². The van der Waals surface area contributed by atoms with Crippen molar-refractivity contribution in [2.24, 2.45) is 0 Å². The van der Waals surface area contributed by atoms with Crippen molar-refractivity contribution in [3.63, 3.8) is 0 Å². The zero-order valence-electron chi connectivity index (χ0n) is 13.7. The van der Waals surface area contributed by atoms with Crippen molar-refractivity contribution in [1.29, 1.82) is 0 Å². The van der Waals surface area contributed by atoms with E-state index in [2.05, 4.69) is 20.6 Å². The van der Waals surface area contributed by atoms with Crippen LogP contribution in [0, 0.1) is 0 Å². The number of nitrogens with one attached hydrogen (secondary N) is 2. The molecular weight excluding hydrogens is 290 g/mol. The first kappa shape index (κ1) is 15.1. The molecule has 0 aliphatic carbocycles. The van der Waals surface area contributed by atoms with E-state index >= 15 is 0 Å². The van der Waals surface area contributed by atoms with Crippen LogP contribution in [0.3, 0.4) is 0 Å². The van der Waals surface area contributed by atoms with Crippen LogP contribution in [0.25, 0.3) is 0 Å². The third kappa shape index (κ3) is 2.78. The molecule has 0 saturated carbocycles. The summed E-state index contributed by atoms with van der Waals surface area (Å²) in [6.45, 7) is 4.11. The Morgan fingerprint density at radius 2 is 2.13 bits per heavy atom. The maximum absolute atomic E-state index is 13.2. The summed E-state index contributed by atoms with van der Waals surface area (Å²) in [7, 11) is 0. The Hall–Kier alpha value is -1.40. The van der Waals surface area contributed by atoms with Crippen LogP contribution in [-0.4, -0.2) is 58.9 Å². The molecule has 3 saturated heterocycles. The number of carbonyl (C=O) groups is 1.